The van der Waals surface area contributed by atoms with Gasteiger partial charge in [-0.1, -0.05) is 431 Å². The van der Waals surface area contributed by atoms with Crippen LogP contribution in [-0.4, -0.2) is 34.5 Å². The third-order valence-electron chi connectivity index (χ3n) is 28.8. The van der Waals surface area contributed by atoms with E-state index in [1.54, 1.807) is 34.0 Å². The van der Waals surface area contributed by atoms with Gasteiger partial charge in [0.1, 0.15) is 11.2 Å². The fraction of sp³-hybridized carbons (Fsp3) is 0. The highest BCUT2D eigenvalue weighted by Crippen LogP contribution is 2.50. The Morgan fingerprint density at radius 2 is 0.477 bits per heavy atom. The molecule has 0 saturated heterocycles. The van der Waals surface area contributed by atoms with Crippen LogP contribution in [0, 0.1) is 0 Å². The number of para-hydroxylation sites is 3. The van der Waals surface area contributed by atoms with Crippen molar-refractivity contribution >= 4 is 171 Å². The summed E-state index contributed by atoms with van der Waals surface area (Å²) in [5.74, 6) is 2.10. The lowest BCUT2D eigenvalue weighted by Crippen LogP contribution is -2.02. The van der Waals surface area contributed by atoms with Crippen LogP contribution in [0.2, 0.25) is 0 Å². The predicted octanol–water partition coefficient (Wildman–Crippen LogP) is 38.7. The lowest BCUT2D eigenvalue weighted by Gasteiger charge is -2.13. The minimum absolute atomic E-state index is 0.681. The molecule has 30 rings (SSSR count). The molecule has 0 N–H and O–H groups in total. The molecule has 8 nitrogen and oxygen atoms in total. The lowest BCUT2D eigenvalue weighted by atomic mass is 9.94. The first kappa shape index (κ1) is 87.9. The van der Waals surface area contributed by atoms with E-state index >= 15 is 0 Å². The monoisotopic (exact) mass is 1950 g/mol. The zero-order valence-corrected chi connectivity index (χ0v) is 82.8. The molecule has 0 aliphatic rings. The van der Waals surface area contributed by atoms with Crippen LogP contribution in [-0.2, 0) is 0 Å². The van der Waals surface area contributed by atoms with Crippen molar-refractivity contribution in [2.24, 2.45) is 0 Å². The Labute approximate surface area is 870 Å². The Balaban J connectivity index is 0.000000108. The van der Waals surface area contributed by atoms with Crippen molar-refractivity contribution in [3.8, 4) is 152 Å². The van der Waals surface area contributed by atoms with Gasteiger partial charge in [0.2, 0.25) is 5.95 Å². The molecular weight excluding hydrogens is 1870 g/mol. The van der Waals surface area contributed by atoms with Crippen LogP contribution < -0.4 is 0 Å². The first-order valence-electron chi connectivity index (χ1n) is 50.1. The van der Waals surface area contributed by atoms with Gasteiger partial charge in [-0.2, -0.15) is 0 Å². The number of benzene rings is 22. The van der Waals surface area contributed by atoms with Crippen LogP contribution in [0.25, 0.3) is 288 Å². The Bertz CT molecular complexity index is 10400. The summed E-state index contributed by atoms with van der Waals surface area (Å²) in [6.45, 7) is 0. The standard InChI is InChI=1S/C50H30N2OS.C44H27N3S.C44H28N2S/c1-3-12-31(13-4-1)36-24-25-41-45(30-36)54-49-47(41)51-50(52-48(49)42-19-11-21-44-46(42)40-18-9-10-20-43(40)53-44)39-28-37(32-14-5-2-6-15-32)27-38(29-39)35-23-22-33-16-7-8-17-34(33)26-35;1-2-10-28(11-3-1)34-24-25-37-40(27-34)48-43-41(31-21-18-30(19-22-31)33-23-20-29-12-4-5-13-32(29)26-33)45-44(46-42(37)43)47-38-16-8-6-14-35(38)36-15-7-9-17-39(36)47;1-3-10-29(11-4-1)35-16-9-17-38(27-35)44-45-41(33-21-18-32(19-22-33)36-23-20-31-14-7-8-15-34(31)26-36)43-42(46-44)39-25-24-37(28-40(39)47-43)30-12-5-2-6-13-30/h1-30H;1-27H;1-28H. The molecule has 0 amide bonds. The van der Waals surface area contributed by atoms with Gasteiger partial charge >= 0.3 is 0 Å². The van der Waals surface area contributed by atoms with Crippen LogP contribution in [0.15, 0.2) is 520 Å². The summed E-state index contributed by atoms with van der Waals surface area (Å²) < 4.78 is 15.5. The predicted molar refractivity (Wildman–Crippen MR) is 630 cm³/mol. The SMILES string of the molecule is c1ccc(-c2cc(-c3ccc4ccccc4c3)cc(-c3nc(-c4cccc5oc6ccccc6c45)c4sc5cc(-c6ccccc6)ccc5c4n3)c2)cc1.c1ccc(-c2ccc3c(c2)sc2c(-c4ccc(-c5ccc6ccccc6c5)cc4)nc(-n4c5ccccc5c5ccccc54)nc23)cc1.c1ccc(-c2cccc(-c3nc(-c4ccc(-c5ccc6ccccc6c5)cc4)c4sc5cc(-c6ccccc6)ccc5c4n3)c2)cc1. The van der Waals surface area contributed by atoms with Gasteiger partial charge in [0, 0.05) is 79.6 Å². The van der Waals surface area contributed by atoms with E-state index in [0.29, 0.717) is 11.8 Å². The van der Waals surface area contributed by atoms with E-state index in [4.69, 9.17) is 34.3 Å². The Morgan fingerprint density at radius 3 is 0.953 bits per heavy atom. The Morgan fingerprint density at radius 1 is 0.174 bits per heavy atom. The summed E-state index contributed by atoms with van der Waals surface area (Å²) in [5.41, 5.74) is 33.6. The van der Waals surface area contributed by atoms with Crippen molar-refractivity contribution in [3.05, 3.63) is 516 Å². The number of fused-ring (bicyclic) bond motifs is 18. The fourth-order valence-electron chi connectivity index (χ4n) is 21.3. The lowest BCUT2D eigenvalue weighted by molar-refractivity contribution is 0.669. The van der Waals surface area contributed by atoms with Crippen LogP contribution in [0.5, 0.6) is 0 Å². The minimum Gasteiger partial charge on any atom is -0.456 e. The number of aromatic nitrogens is 7. The Hall–Kier alpha value is -18.9. The summed E-state index contributed by atoms with van der Waals surface area (Å²) in [6.07, 6.45) is 0. The highest BCUT2D eigenvalue weighted by atomic mass is 32.1. The van der Waals surface area contributed by atoms with Crippen molar-refractivity contribution in [2.75, 3.05) is 0 Å². The maximum Gasteiger partial charge on any atom is 0.235 e. The normalized spacial score (nSPS) is 11.6. The molecule has 0 unspecified atom stereocenters. The minimum atomic E-state index is 0.681. The van der Waals surface area contributed by atoms with Crippen LogP contribution in [0.3, 0.4) is 0 Å². The molecule has 0 saturated carbocycles. The van der Waals surface area contributed by atoms with Gasteiger partial charge in [-0.15, -0.1) is 34.0 Å². The molecule has 0 spiro atoms. The topological polar surface area (TPSA) is 95.4 Å². The van der Waals surface area contributed by atoms with Crippen molar-refractivity contribution < 1.29 is 4.42 Å². The molecule has 22 aromatic carbocycles. The number of nitrogens with zero attached hydrogens (tertiary/aromatic N) is 7. The number of hydrogen-bond acceptors (Lipinski definition) is 10. The first-order valence-corrected chi connectivity index (χ1v) is 52.6. The molecule has 0 aliphatic heterocycles. The highest BCUT2D eigenvalue weighted by Gasteiger charge is 2.27. The fourth-order valence-corrected chi connectivity index (χ4v) is 24.9. The van der Waals surface area contributed by atoms with Crippen LogP contribution >= 0.6 is 34.0 Å². The molecule has 0 bridgehead atoms. The van der Waals surface area contributed by atoms with Gasteiger partial charge in [0.05, 0.1) is 58.8 Å². The molecule has 0 atom stereocenters. The molecule has 11 heteroatoms. The van der Waals surface area contributed by atoms with Gasteiger partial charge < -0.3 is 4.42 Å². The van der Waals surface area contributed by atoms with Gasteiger partial charge in [-0.3, -0.25) is 4.57 Å². The average molecular weight is 1950 g/mol. The van der Waals surface area contributed by atoms with Crippen molar-refractivity contribution in [1.82, 2.24) is 34.5 Å². The molecule has 149 heavy (non-hydrogen) atoms. The zero-order chi connectivity index (χ0) is 98.4. The summed E-state index contributed by atoms with van der Waals surface area (Å²) in [5, 5.41) is 15.4. The van der Waals surface area contributed by atoms with Crippen LogP contribution in [0.4, 0.5) is 0 Å². The largest absolute Gasteiger partial charge is 0.456 e. The van der Waals surface area contributed by atoms with E-state index < -0.39 is 0 Å². The van der Waals surface area contributed by atoms with Crippen LogP contribution in [0.1, 0.15) is 0 Å². The van der Waals surface area contributed by atoms with Crippen molar-refractivity contribution in [3.63, 3.8) is 0 Å². The quantitative estimate of drug-likeness (QED) is 0.107. The summed E-state index contributed by atoms with van der Waals surface area (Å²) in [4.78, 5) is 32.3. The number of thiophene rings is 3. The second-order valence-corrected chi connectivity index (χ2v) is 41.0. The smallest absolute Gasteiger partial charge is 0.235 e. The summed E-state index contributed by atoms with van der Waals surface area (Å²) in [6, 6.07) is 183. The van der Waals surface area contributed by atoms with Gasteiger partial charge in [-0.25, -0.2) is 29.9 Å². The molecule has 30 aromatic rings. The van der Waals surface area contributed by atoms with Crippen molar-refractivity contribution in [1.29, 1.82) is 0 Å². The maximum atomic E-state index is 6.39. The number of furan rings is 1. The third kappa shape index (κ3) is 16.4. The van der Waals surface area contributed by atoms with Gasteiger partial charge in [0.15, 0.2) is 11.6 Å². The zero-order valence-electron chi connectivity index (χ0n) is 80.3. The molecule has 0 radical (unpaired) electrons. The van der Waals surface area contributed by atoms with Crippen molar-refractivity contribution in [2.45, 2.75) is 0 Å². The third-order valence-corrected chi connectivity index (χ3v) is 32.2. The Kier molecular flexibility index (Phi) is 22.0. The van der Waals surface area contributed by atoms with E-state index in [1.807, 2.05) is 24.3 Å². The summed E-state index contributed by atoms with van der Waals surface area (Å²) >= 11 is 5.30. The number of rotatable bonds is 14. The second kappa shape index (κ2) is 37.4. The molecular formula is C138H85N7OS3. The summed E-state index contributed by atoms with van der Waals surface area (Å²) in [7, 11) is 0. The maximum absolute atomic E-state index is 6.39. The molecule has 0 aliphatic carbocycles. The van der Waals surface area contributed by atoms with E-state index in [0.717, 1.165) is 158 Å². The van der Waals surface area contributed by atoms with E-state index in [-0.39, 0.29) is 0 Å². The molecule has 8 aromatic heterocycles. The average Bonchev–Trinajstić information content (AvgIpc) is 1.59. The molecule has 0 fully saturated rings. The van der Waals surface area contributed by atoms with E-state index in [2.05, 4.69) is 496 Å². The molecule has 8 heterocycles. The number of hydrogen-bond donors (Lipinski definition) is 0. The van der Waals surface area contributed by atoms with Gasteiger partial charge in [0.25, 0.3) is 0 Å². The highest BCUT2D eigenvalue weighted by molar-refractivity contribution is 7.27. The first-order chi connectivity index (χ1) is 73.8. The van der Waals surface area contributed by atoms with E-state index in [1.165, 1.54) is 118 Å². The molecule has 696 valence electrons. The second-order valence-electron chi connectivity index (χ2n) is 37.8. The van der Waals surface area contributed by atoms with Gasteiger partial charge in [-0.05, 0) is 206 Å². The van der Waals surface area contributed by atoms with E-state index in [9.17, 15) is 0 Å².